The van der Waals surface area contributed by atoms with E-state index in [-0.39, 0.29) is 6.10 Å². The van der Waals surface area contributed by atoms with Crippen molar-refractivity contribution in [3.63, 3.8) is 0 Å². The van der Waals surface area contributed by atoms with Crippen molar-refractivity contribution in [2.45, 2.75) is 33.4 Å². The molecule has 0 saturated carbocycles. The number of morpholine rings is 1. The summed E-state index contributed by atoms with van der Waals surface area (Å²) in [6.45, 7) is 10.2. The number of hydrogen-bond acceptors (Lipinski definition) is 5. The van der Waals surface area contributed by atoms with E-state index in [2.05, 4.69) is 10.2 Å². The fourth-order valence-electron chi connectivity index (χ4n) is 3.20. The summed E-state index contributed by atoms with van der Waals surface area (Å²) in [5, 5.41) is 4.75. The van der Waals surface area contributed by atoms with Crippen LogP contribution in [0.25, 0.3) is 0 Å². The van der Waals surface area contributed by atoms with Gasteiger partial charge in [0.25, 0.3) is 0 Å². The van der Waals surface area contributed by atoms with Crippen LogP contribution >= 0.6 is 23.2 Å². The van der Waals surface area contributed by atoms with Gasteiger partial charge in [0.05, 0.1) is 36.6 Å². The molecule has 0 spiro atoms. The Labute approximate surface area is 182 Å². The Bertz CT molecular complexity index is 824. The molecule has 0 bridgehead atoms. The van der Waals surface area contributed by atoms with E-state index in [9.17, 15) is 0 Å². The highest BCUT2D eigenvalue weighted by molar-refractivity contribution is 6.33. The van der Waals surface area contributed by atoms with Gasteiger partial charge < -0.3 is 24.4 Å². The summed E-state index contributed by atoms with van der Waals surface area (Å²) in [5.41, 5.74) is 2.90. The lowest BCUT2D eigenvalue weighted by atomic mass is 10.1. The average Bonchev–Trinajstić information content (AvgIpc) is 2.69. The van der Waals surface area contributed by atoms with Gasteiger partial charge in [-0.05, 0) is 50.6 Å². The molecule has 1 N–H and O–H groups in total. The van der Waals surface area contributed by atoms with Crippen LogP contribution in [0.15, 0.2) is 30.3 Å². The topological polar surface area (TPSA) is 43.0 Å². The van der Waals surface area contributed by atoms with Crippen LogP contribution in [0, 0.1) is 0 Å². The fourth-order valence-corrected chi connectivity index (χ4v) is 3.72. The van der Waals surface area contributed by atoms with Gasteiger partial charge in [0, 0.05) is 36.4 Å². The van der Waals surface area contributed by atoms with E-state index in [1.165, 1.54) is 0 Å². The number of rotatable bonds is 8. The Hall–Kier alpha value is -1.82. The predicted octanol–water partition coefficient (Wildman–Crippen LogP) is 5.63. The summed E-state index contributed by atoms with van der Waals surface area (Å²) in [7, 11) is 0. The molecule has 5 nitrogen and oxygen atoms in total. The molecule has 0 unspecified atom stereocenters. The lowest BCUT2D eigenvalue weighted by Crippen LogP contribution is -2.36. The van der Waals surface area contributed by atoms with Crippen LogP contribution in [0.2, 0.25) is 10.0 Å². The van der Waals surface area contributed by atoms with E-state index in [1.54, 1.807) is 0 Å². The largest absolute Gasteiger partial charge is 0.490 e. The van der Waals surface area contributed by atoms with E-state index in [0.29, 0.717) is 29.7 Å². The van der Waals surface area contributed by atoms with Gasteiger partial charge in [-0.15, -0.1) is 0 Å². The number of hydrogen-bond donors (Lipinski definition) is 1. The van der Waals surface area contributed by atoms with Crippen molar-refractivity contribution >= 4 is 34.6 Å². The number of halogens is 2. The second kappa shape index (κ2) is 10.3. The van der Waals surface area contributed by atoms with Gasteiger partial charge in [0.15, 0.2) is 11.5 Å². The van der Waals surface area contributed by atoms with E-state index in [4.69, 9.17) is 37.4 Å². The zero-order valence-corrected chi connectivity index (χ0v) is 18.6. The number of ether oxygens (including phenoxy) is 3. The zero-order valence-electron chi connectivity index (χ0n) is 17.1. The molecule has 1 fully saturated rings. The third kappa shape index (κ3) is 5.84. The highest BCUT2D eigenvalue weighted by Gasteiger charge is 2.15. The molecule has 3 rings (SSSR count). The van der Waals surface area contributed by atoms with Crippen molar-refractivity contribution in [2.75, 3.05) is 43.1 Å². The Morgan fingerprint density at radius 1 is 1.07 bits per heavy atom. The van der Waals surface area contributed by atoms with E-state index < -0.39 is 0 Å². The van der Waals surface area contributed by atoms with Gasteiger partial charge >= 0.3 is 0 Å². The Kier molecular flexibility index (Phi) is 7.76. The van der Waals surface area contributed by atoms with Crippen LogP contribution < -0.4 is 19.7 Å². The molecule has 0 radical (unpaired) electrons. The van der Waals surface area contributed by atoms with E-state index in [1.807, 2.05) is 51.1 Å². The van der Waals surface area contributed by atoms with Crippen LogP contribution in [-0.4, -0.2) is 39.0 Å². The van der Waals surface area contributed by atoms with Crippen LogP contribution in [0.5, 0.6) is 11.5 Å². The SMILES string of the molecule is CCOc1cc(CNc2ccc(N3CCOCC3)c(Cl)c2)c(Cl)cc1OC(C)C. The van der Waals surface area contributed by atoms with Crippen LogP contribution in [-0.2, 0) is 11.3 Å². The molecule has 1 heterocycles. The van der Waals surface area contributed by atoms with E-state index in [0.717, 1.165) is 48.3 Å². The maximum absolute atomic E-state index is 6.53. The average molecular weight is 439 g/mol. The van der Waals surface area contributed by atoms with Crippen LogP contribution in [0.3, 0.4) is 0 Å². The third-order valence-corrected chi connectivity index (χ3v) is 5.21. The maximum atomic E-state index is 6.53. The molecule has 1 saturated heterocycles. The molecule has 29 heavy (non-hydrogen) atoms. The first-order chi connectivity index (χ1) is 14.0. The van der Waals surface area contributed by atoms with Gasteiger partial charge in [-0.3, -0.25) is 0 Å². The molecule has 1 aliphatic heterocycles. The number of nitrogens with zero attached hydrogens (tertiary/aromatic N) is 1. The third-order valence-electron chi connectivity index (χ3n) is 4.56. The van der Waals surface area contributed by atoms with Crippen molar-refractivity contribution < 1.29 is 14.2 Å². The Morgan fingerprint density at radius 2 is 1.83 bits per heavy atom. The summed E-state index contributed by atoms with van der Waals surface area (Å²) in [4.78, 5) is 2.24. The highest BCUT2D eigenvalue weighted by Crippen LogP contribution is 2.35. The lowest BCUT2D eigenvalue weighted by Gasteiger charge is -2.29. The van der Waals surface area contributed by atoms with E-state index >= 15 is 0 Å². The second-order valence-corrected chi connectivity index (χ2v) is 7.92. The van der Waals surface area contributed by atoms with Gasteiger partial charge in [0.1, 0.15) is 0 Å². The minimum atomic E-state index is 0.0429. The summed E-state index contributed by atoms with van der Waals surface area (Å²) in [5.74, 6) is 1.36. The van der Waals surface area contributed by atoms with Gasteiger partial charge in [0.2, 0.25) is 0 Å². The van der Waals surface area contributed by atoms with Gasteiger partial charge in [-0.2, -0.15) is 0 Å². The quantitative estimate of drug-likeness (QED) is 0.578. The highest BCUT2D eigenvalue weighted by atomic mass is 35.5. The molecule has 0 aliphatic carbocycles. The van der Waals surface area contributed by atoms with Crippen molar-refractivity contribution in [3.05, 3.63) is 45.9 Å². The molecule has 0 amide bonds. The first kappa shape index (κ1) is 21.9. The summed E-state index contributed by atoms with van der Waals surface area (Å²) < 4.78 is 17.0. The Balaban J connectivity index is 1.71. The molecule has 7 heteroatoms. The maximum Gasteiger partial charge on any atom is 0.163 e. The first-order valence-corrected chi connectivity index (χ1v) is 10.7. The van der Waals surface area contributed by atoms with Crippen LogP contribution in [0.4, 0.5) is 11.4 Å². The summed E-state index contributed by atoms with van der Waals surface area (Å²) in [6, 6.07) is 9.77. The van der Waals surface area contributed by atoms with Crippen molar-refractivity contribution in [3.8, 4) is 11.5 Å². The smallest absolute Gasteiger partial charge is 0.163 e. The molecule has 1 aliphatic rings. The standard InChI is InChI=1S/C22H28Cl2N2O3/c1-4-28-21-11-16(18(23)13-22(21)29-15(2)3)14-25-17-5-6-20(19(24)12-17)26-7-9-27-10-8-26/h5-6,11-13,15,25H,4,7-10,14H2,1-3H3. The lowest BCUT2D eigenvalue weighted by molar-refractivity contribution is 0.122. The molecule has 2 aromatic carbocycles. The normalized spacial score (nSPS) is 14.2. The number of benzene rings is 2. The summed E-state index contributed by atoms with van der Waals surface area (Å²) >= 11 is 13.0. The van der Waals surface area contributed by atoms with Crippen molar-refractivity contribution in [1.82, 2.24) is 0 Å². The zero-order chi connectivity index (χ0) is 20.8. The second-order valence-electron chi connectivity index (χ2n) is 7.11. The molecule has 158 valence electrons. The number of anilines is 2. The monoisotopic (exact) mass is 438 g/mol. The minimum Gasteiger partial charge on any atom is -0.490 e. The molecular formula is C22H28Cl2N2O3. The molecule has 0 aromatic heterocycles. The minimum absolute atomic E-state index is 0.0429. The van der Waals surface area contributed by atoms with Gasteiger partial charge in [-0.25, -0.2) is 0 Å². The molecule has 2 aromatic rings. The summed E-state index contributed by atoms with van der Waals surface area (Å²) in [6.07, 6.45) is 0.0429. The number of nitrogens with one attached hydrogen (secondary N) is 1. The molecular weight excluding hydrogens is 411 g/mol. The first-order valence-electron chi connectivity index (χ1n) is 9.96. The molecule has 0 atom stereocenters. The van der Waals surface area contributed by atoms with Gasteiger partial charge in [-0.1, -0.05) is 23.2 Å². The fraction of sp³-hybridized carbons (Fsp3) is 0.455. The van der Waals surface area contributed by atoms with Crippen LogP contribution in [0.1, 0.15) is 26.3 Å². The Morgan fingerprint density at radius 3 is 2.48 bits per heavy atom. The van der Waals surface area contributed by atoms with Crippen molar-refractivity contribution in [2.24, 2.45) is 0 Å². The van der Waals surface area contributed by atoms with Crippen molar-refractivity contribution in [1.29, 1.82) is 0 Å². The predicted molar refractivity (Wildman–Crippen MR) is 120 cm³/mol.